The van der Waals surface area contributed by atoms with Crippen molar-refractivity contribution < 1.29 is 18.3 Å². The van der Waals surface area contributed by atoms with Gasteiger partial charge in [-0.3, -0.25) is 0 Å². The highest BCUT2D eigenvalue weighted by atomic mass is 19.1. The fourth-order valence-corrected chi connectivity index (χ4v) is 3.84. The molecule has 0 atom stereocenters. The first-order chi connectivity index (χ1) is 15.5. The Bertz CT molecular complexity index is 1240. The summed E-state index contributed by atoms with van der Waals surface area (Å²) in [7, 11) is 0. The van der Waals surface area contributed by atoms with E-state index in [9.17, 15) is 13.6 Å². The summed E-state index contributed by atoms with van der Waals surface area (Å²) >= 11 is 0. The van der Waals surface area contributed by atoms with Crippen LogP contribution in [0.2, 0.25) is 0 Å². The maximum atomic E-state index is 14.2. The molecule has 1 amide bonds. The van der Waals surface area contributed by atoms with Crippen molar-refractivity contribution in [3.63, 3.8) is 0 Å². The second kappa shape index (κ2) is 9.22. The molecule has 0 radical (unpaired) electrons. The molecule has 4 rings (SSSR count). The molecule has 0 aliphatic rings. The van der Waals surface area contributed by atoms with E-state index in [0.29, 0.717) is 36.5 Å². The molecule has 0 saturated carbocycles. The highest BCUT2D eigenvalue weighted by Gasteiger charge is 2.19. The van der Waals surface area contributed by atoms with E-state index in [0.717, 1.165) is 16.5 Å². The highest BCUT2D eigenvalue weighted by Crippen LogP contribution is 2.38. The van der Waals surface area contributed by atoms with E-state index in [2.05, 4.69) is 0 Å². The molecule has 0 aliphatic heterocycles. The van der Waals surface area contributed by atoms with E-state index >= 15 is 0 Å². The van der Waals surface area contributed by atoms with Gasteiger partial charge in [-0.1, -0.05) is 30.3 Å². The summed E-state index contributed by atoms with van der Waals surface area (Å²) in [6.07, 6.45) is 1.43. The second-order valence-electron chi connectivity index (χ2n) is 7.45. The first kappa shape index (κ1) is 21.6. The van der Waals surface area contributed by atoms with Crippen LogP contribution in [-0.4, -0.2) is 28.6 Å². The number of halogens is 2. The lowest BCUT2D eigenvalue weighted by Crippen LogP contribution is -2.33. The number of amides is 1. The lowest BCUT2D eigenvalue weighted by molar-refractivity contribution is 0.157. The zero-order chi connectivity index (χ0) is 22.7. The Morgan fingerprint density at radius 2 is 1.66 bits per heavy atom. The van der Waals surface area contributed by atoms with Crippen LogP contribution in [0.25, 0.3) is 22.0 Å². The molecule has 0 N–H and O–H groups in total. The Hall–Kier alpha value is -3.67. The van der Waals surface area contributed by atoms with Gasteiger partial charge in [0.05, 0.1) is 6.54 Å². The quantitative estimate of drug-likeness (QED) is 0.348. The molecule has 0 spiro atoms. The van der Waals surface area contributed by atoms with Gasteiger partial charge >= 0.3 is 6.09 Å². The van der Waals surface area contributed by atoms with E-state index < -0.39 is 6.09 Å². The normalized spacial score (nSPS) is 11.0. The number of aromatic nitrogens is 1. The van der Waals surface area contributed by atoms with Crippen molar-refractivity contribution in [3.05, 3.63) is 90.1 Å². The maximum Gasteiger partial charge on any atom is 0.415 e. The number of hydrogen-bond acceptors (Lipinski definition) is 2. The first-order valence-corrected chi connectivity index (χ1v) is 10.6. The molecule has 6 heteroatoms. The van der Waals surface area contributed by atoms with Gasteiger partial charge in [0.15, 0.2) is 0 Å². The maximum absolute atomic E-state index is 14.2. The average Bonchev–Trinajstić information content (AvgIpc) is 3.19. The first-order valence-electron chi connectivity index (χ1n) is 10.6. The van der Waals surface area contributed by atoms with Gasteiger partial charge in [0.25, 0.3) is 0 Å². The van der Waals surface area contributed by atoms with Crippen LogP contribution in [0, 0.1) is 11.6 Å². The fraction of sp³-hybridized carbons (Fsp3) is 0.192. The van der Waals surface area contributed by atoms with Gasteiger partial charge in [-0.2, -0.15) is 0 Å². The zero-order valence-electron chi connectivity index (χ0n) is 18.0. The Kier molecular flexibility index (Phi) is 6.21. The summed E-state index contributed by atoms with van der Waals surface area (Å²) in [6.45, 7) is 5.19. The summed E-state index contributed by atoms with van der Waals surface area (Å²) < 4.78 is 35.5. The summed E-state index contributed by atoms with van der Waals surface area (Å²) in [5.41, 5.74) is 2.85. The van der Waals surface area contributed by atoms with Crippen LogP contribution in [0.15, 0.2) is 72.9 Å². The molecule has 1 heterocycles. The van der Waals surface area contributed by atoms with Crippen molar-refractivity contribution in [2.45, 2.75) is 20.4 Å². The Labute approximate surface area is 185 Å². The number of ether oxygens (including phenoxy) is 1. The standard InChI is InChI=1S/C26H24F2N2O2/c1-3-29(4-2)26(31)32-24-14-13-23-21(25(24)18-9-11-20(27)12-10-18)15-16-30(23)17-19-7-5-6-8-22(19)28/h5-16H,3-4,17H2,1-2H3. The van der Waals surface area contributed by atoms with E-state index in [4.69, 9.17) is 4.74 Å². The Balaban J connectivity index is 1.82. The average molecular weight is 434 g/mol. The minimum Gasteiger partial charge on any atom is -0.410 e. The lowest BCUT2D eigenvalue weighted by Gasteiger charge is -2.20. The highest BCUT2D eigenvalue weighted by molar-refractivity contribution is 5.99. The van der Waals surface area contributed by atoms with Crippen LogP contribution in [-0.2, 0) is 6.54 Å². The van der Waals surface area contributed by atoms with Gasteiger partial charge in [0, 0.05) is 41.3 Å². The SMILES string of the molecule is CCN(CC)C(=O)Oc1ccc2c(ccn2Cc2ccccc2F)c1-c1ccc(F)cc1. The van der Waals surface area contributed by atoms with Crippen molar-refractivity contribution in [1.29, 1.82) is 0 Å². The molecule has 0 aliphatic carbocycles. The van der Waals surface area contributed by atoms with E-state index in [1.54, 1.807) is 41.3 Å². The molecule has 164 valence electrons. The number of carbonyl (C=O) groups is 1. The molecule has 4 aromatic rings. The number of hydrogen-bond donors (Lipinski definition) is 0. The second-order valence-corrected chi connectivity index (χ2v) is 7.45. The molecule has 0 saturated heterocycles. The fourth-order valence-electron chi connectivity index (χ4n) is 3.84. The molecule has 0 fully saturated rings. The van der Waals surface area contributed by atoms with Gasteiger partial charge in [-0.25, -0.2) is 13.6 Å². The third-order valence-electron chi connectivity index (χ3n) is 5.57. The van der Waals surface area contributed by atoms with Crippen molar-refractivity contribution >= 4 is 17.0 Å². The van der Waals surface area contributed by atoms with Crippen LogP contribution in [0.3, 0.4) is 0 Å². The summed E-state index contributed by atoms with van der Waals surface area (Å²) in [4.78, 5) is 14.2. The third-order valence-corrected chi connectivity index (χ3v) is 5.57. The molecular weight excluding hydrogens is 410 g/mol. The predicted molar refractivity (Wildman–Crippen MR) is 122 cm³/mol. The molecule has 32 heavy (non-hydrogen) atoms. The largest absolute Gasteiger partial charge is 0.415 e. The minimum atomic E-state index is -0.441. The molecule has 3 aromatic carbocycles. The number of carbonyl (C=O) groups excluding carboxylic acids is 1. The van der Waals surface area contributed by atoms with E-state index in [-0.39, 0.29) is 11.6 Å². The molecule has 4 nitrogen and oxygen atoms in total. The van der Waals surface area contributed by atoms with Crippen LogP contribution < -0.4 is 4.74 Å². The van der Waals surface area contributed by atoms with Crippen molar-refractivity contribution in [3.8, 4) is 16.9 Å². The predicted octanol–water partition coefficient (Wildman–Crippen LogP) is 6.48. The summed E-state index contributed by atoms with van der Waals surface area (Å²) in [6, 6.07) is 18.2. The molecular formula is C26H24F2N2O2. The summed E-state index contributed by atoms with van der Waals surface area (Å²) in [5.74, 6) is -0.220. The van der Waals surface area contributed by atoms with E-state index in [1.807, 2.05) is 36.7 Å². The van der Waals surface area contributed by atoms with Crippen molar-refractivity contribution in [1.82, 2.24) is 9.47 Å². The van der Waals surface area contributed by atoms with Crippen LogP contribution in [0.5, 0.6) is 5.75 Å². The smallest absolute Gasteiger partial charge is 0.410 e. The van der Waals surface area contributed by atoms with Gasteiger partial charge in [-0.15, -0.1) is 0 Å². The van der Waals surface area contributed by atoms with Crippen molar-refractivity contribution in [2.24, 2.45) is 0 Å². The molecule has 1 aromatic heterocycles. The Morgan fingerprint density at radius 3 is 2.34 bits per heavy atom. The van der Waals surface area contributed by atoms with Crippen molar-refractivity contribution in [2.75, 3.05) is 13.1 Å². The van der Waals surface area contributed by atoms with E-state index in [1.165, 1.54) is 18.2 Å². The monoisotopic (exact) mass is 434 g/mol. The van der Waals surface area contributed by atoms with Gasteiger partial charge < -0.3 is 14.2 Å². The number of fused-ring (bicyclic) bond motifs is 1. The number of benzene rings is 3. The van der Waals surface area contributed by atoms with Crippen LogP contribution >= 0.6 is 0 Å². The topological polar surface area (TPSA) is 34.5 Å². The van der Waals surface area contributed by atoms with Crippen LogP contribution in [0.4, 0.5) is 13.6 Å². The van der Waals surface area contributed by atoms with Gasteiger partial charge in [0.2, 0.25) is 0 Å². The summed E-state index contributed by atoms with van der Waals surface area (Å²) in [5, 5.41) is 0.831. The van der Waals surface area contributed by atoms with Gasteiger partial charge in [-0.05, 0) is 55.8 Å². The number of rotatable bonds is 6. The Morgan fingerprint density at radius 1 is 0.938 bits per heavy atom. The number of nitrogens with zero attached hydrogens (tertiary/aromatic N) is 2. The molecule has 0 unspecified atom stereocenters. The molecule has 0 bridgehead atoms. The van der Waals surface area contributed by atoms with Gasteiger partial charge in [0.1, 0.15) is 17.4 Å². The third kappa shape index (κ3) is 4.21. The minimum absolute atomic E-state index is 0.266. The lowest BCUT2D eigenvalue weighted by atomic mass is 10.0. The van der Waals surface area contributed by atoms with Crippen LogP contribution in [0.1, 0.15) is 19.4 Å². The zero-order valence-corrected chi connectivity index (χ0v) is 18.0.